The van der Waals surface area contributed by atoms with Crippen molar-refractivity contribution in [3.05, 3.63) is 71.9 Å². The van der Waals surface area contributed by atoms with Crippen molar-refractivity contribution in [2.75, 3.05) is 41.8 Å². The number of benzene rings is 2. The molecule has 0 saturated carbocycles. The average Bonchev–Trinajstić information content (AvgIpc) is 2.93. The zero-order valence-corrected chi connectivity index (χ0v) is 25.4. The molecule has 1 aliphatic heterocycles. The summed E-state index contributed by atoms with van der Waals surface area (Å²) >= 11 is 6.49. The molecule has 1 fully saturated rings. The number of nitrogens with one attached hydrogen (secondary N) is 2. The zero-order valence-electron chi connectivity index (χ0n) is 23.7. The van der Waals surface area contributed by atoms with Crippen molar-refractivity contribution < 1.29 is 28.0 Å². The molecule has 224 valence electrons. The first-order valence-corrected chi connectivity index (χ1v) is 15.4. The first kappa shape index (κ1) is 31.6. The number of hydrogen-bond donors (Lipinski definition) is 3. The summed E-state index contributed by atoms with van der Waals surface area (Å²) in [7, 11) is -4.22. The van der Waals surface area contributed by atoms with Crippen molar-refractivity contribution in [1.82, 2.24) is 9.97 Å². The second-order valence-electron chi connectivity index (χ2n) is 9.94. The highest BCUT2D eigenvalue weighted by molar-refractivity contribution is 7.47. The van der Waals surface area contributed by atoms with Crippen LogP contribution in [0.2, 0.25) is 5.02 Å². The van der Waals surface area contributed by atoms with Crippen LogP contribution in [0, 0.1) is 0 Å². The molecule has 2 heterocycles. The van der Waals surface area contributed by atoms with Crippen molar-refractivity contribution in [3.8, 4) is 11.3 Å². The topological polar surface area (TPSA) is 135 Å². The standard InChI is InChI=1S/C29H35ClN5O6P/c1-5-26(36)32-23-10-6-8-21(17-23)27-24(30)18-31-29(34-27)33-25-11-7-9-22(28(25)35-12-14-39-15-13-35)16-20(4)41-42(37,38)40-19(2)3/h5-11,17-20H,1,12-16H2,2-4H3,(H,32,36)(H,37,38)(H,31,33,34). The lowest BCUT2D eigenvalue weighted by molar-refractivity contribution is -0.111. The summed E-state index contributed by atoms with van der Waals surface area (Å²) < 4.78 is 28.5. The molecule has 11 nitrogen and oxygen atoms in total. The van der Waals surface area contributed by atoms with E-state index in [2.05, 4.69) is 32.1 Å². The van der Waals surface area contributed by atoms with Crippen LogP contribution in [-0.2, 0) is 29.6 Å². The van der Waals surface area contributed by atoms with E-state index in [4.69, 9.17) is 25.4 Å². The number of carbonyl (C=O) groups is 1. The van der Waals surface area contributed by atoms with Gasteiger partial charge in [-0.2, -0.15) is 0 Å². The number of nitrogens with zero attached hydrogens (tertiary/aromatic N) is 3. The maximum absolute atomic E-state index is 12.4. The molecule has 13 heteroatoms. The largest absolute Gasteiger partial charge is 0.472 e. The van der Waals surface area contributed by atoms with Crippen LogP contribution >= 0.6 is 19.4 Å². The molecule has 2 atom stereocenters. The Labute approximate surface area is 250 Å². The molecule has 0 spiro atoms. The zero-order chi connectivity index (χ0) is 30.3. The summed E-state index contributed by atoms with van der Waals surface area (Å²) in [5.41, 5.74) is 4.29. The van der Waals surface area contributed by atoms with Crippen molar-refractivity contribution in [2.45, 2.75) is 39.4 Å². The van der Waals surface area contributed by atoms with Gasteiger partial charge in [0.1, 0.15) is 0 Å². The smallest absolute Gasteiger partial charge is 0.378 e. The van der Waals surface area contributed by atoms with Gasteiger partial charge in [-0.15, -0.1) is 0 Å². The number of para-hydroxylation sites is 1. The first-order chi connectivity index (χ1) is 20.0. The van der Waals surface area contributed by atoms with Gasteiger partial charge >= 0.3 is 7.82 Å². The Morgan fingerprint density at radius 3 is 2.67 bits per heavy atom. The summed E-state index contributed by atoms with van der Waals surface area (Å²) in [5, 5.41) is 6.42. The van der Waals surface area contributed by atoms with E-state index in [1.807, 2.05) is 24.3 Å². The number of ether oxygens (including phenoxy) is 1. The van der Waals surface area contributed by atoms with Crippen LogP contribution in [0.4, 0.5) is 23.0 Å². The van der Waals surface area contributed by atoms with E-state index in [1.54, 1.807) is 39.0 Å². The summed E-state index contributed by atoms with van der Waals surface area (Å²) in [4.78, 5) is 33.2. The Morgan fingerprint density at radius 1 is 1.21 bits per heavy atom. The quantitative estimate of drug-likeness (QED) is 0.165. The Morgan fingerprint density at radius 2 is 1.95 bits per heavy atom. The van der Waals surface area contributed by atoms with E-state index in [0.717, 1.165) is 16.9 Å². The lowest BCUT2D eigenvalue weighted by atomic mass is 10.0. The monoisotopic (exact) mass is 615 g/mol. The van der Waals surface area contributed by atoms with Crippen molar-refractivity contribution in [2.24, 2.45) is 0 Å². The third kappa shape index (κ3) is 8.61. The van der Waals surface area contributed by atoms with E-state index in [9.17, 15) is 14.3 Å². The Bertz CT molecular complexity index is 1470. The molecule has 3 N–H and O–H groups in total. The van der Waals surface area contributed by atoms with Crippen molar-refractivity contribution in [1.29, 1.82) is 0 Å². The summed E-state index contributed by atoms with van der Waals surface area (Å²) in [6, 6.07) is 12.9. The Hall–Kier alpha value is -3.31. The van der Waals surface area contributed by atoms with E-state index in [0.29, 0.717) is 60.6 Å². The van der Waals surface area contributed by atoms with Gasteiger partial charge in [0.25, 0.3) is 0 Å². The van der Waals surface area contributed by atoms with E-state index in [-0.39, 0.29) is 5.91 Å². The van der Waals surface area contributed by atoms with Crippen LogP contribution in [0.25, 0.3) is 11.3 Å². The predicted octanol–water partition coefficient (Wildman–Crippen LogP) is 5.97. The van der Waals surface area contributed by atoms with Gasteiger partial charge < -0.3 is 25.2 Å². The van der Waals surface area contributed by atoms with Gasteiger partial charge in [-0.05, 0) is 50.6 Å². The fourth-order valence-corrected chi connectivity index (χ4v) is 5.88. The average molecular weight is 616 g/mol. The SMILES string of the molecule is C=CC(=O)Nc1cccc(-c2nc(Nc3cccc(CC(C)OP(=O)(O)OC(C)C)c3N3CCOCC3)ncc2Cl)c1. The van der Waals surface area contributed by atoms with Gasteiger partial charge in [-0.3, -0.25) is 13.8 Å². The van der Waals surface area contributed by atoms with Crippen LogP contribution in [0.3, 0.4) is 0 Å². The molecule has 1 saturated heterocycles. The molecule has 2 aromatic carbocycles. The summed E-state index contributed by atoms with van der Waals surface area (Å²) in [6.07, 6.45) is 2.00. The fraction of sp³-hybridized carbons (Fsp3) is 0.345. The summed E-state index contributed by atoms with van der Waals surface area (Å²) in [6.45, 7) is 11.0. The molecule has 1 aromatic heterocycles. The van der Waals surface area contributed by atoms with Crippen molar-refractivity contribution >= 4 is 48.3 Å². The molecule has 3 aromatic rings. The van der Waals surface area contributed by atoms with E-state index in [1.165, 1.54) is 12.3 Å². The number of morpholine rings is 1. The molecule has 0 bridgehead atoms. The molecule has 2 unspecified atom stereocenters. The van der Waals surface area contributed by atoms with Crippen LogP contribution in [0.1, 0.15) is 26.3 Å². The fourth-order valence-electron chi connectivity index (χ4n) is 4.57. The number of rotatable bonds is 12. The third-order valence-electron chi connectivity index (χ3n) is 6.19. The van der Waals surface area contributed by atoms with E-state index >= 15 is 0 Å². The molecule has 0 aliphatic carbocycles. The second-order valence-corrected chi connectivity index (χ2v) is 11.7. The van der Waals surface area contributed by atoms with Crippen LogP contribution in [0.5, 0.6) is 0 Å². The molecular formula is C29H35ClN5O6P. The number of hydrogen-bond acceptors (Lipinski definition) is 9. The Kier molecular flexibility index (Phi) is 10.7. The highest BCUT2D eigenvalue weighted by Gasteiger charge is 2.28. The highest BCUT2D eigenvalue weighted by atomic mass is 35.5. The van der Waals surface area contributed by atoms with Gasteiger partial charge in [0.2, 0.25) is 11.9 Å². The molecule has 1 aliphatic rings. The number of phosphoric acid groups is 1. The van der Waals surface area contributed by atoms with Crippen LogP contribution in [0.15, 0.2) is 61.3 Å². The number of phosphoric ester groups is 1. The predicted molar refractivity (Wildman–Crippen MR) is 164 cm³/mol. The number of aromatic nitrogens is 2. The maximum atomic E-state index is 12.4. The van der Waals surface area contributed by atoms with Gasteiger partial charge in [0.15, 0.2) is 0 Å². The number of carbonyl (C=O) groups excluding carboxylic acids is 1. The van der Waals surface area contributed by atoms with Crippen LogP contribution < -0.4 is 15.5 Å². The first-order valence-electron chi connectivity index (χ1n) is 13.5. The maximum Gasteiger partial charge on any atom is 0.472 e. The third-order valence-corrected chi connectivity index (χ3v) is 7.78. The molecule has 1 amide bonds. The summed E-state index contributed by atoms with van der Waals surface area (Å²) in [5.74, 6) is -0.0103. The van der Waals surface area contributed by atoms with Gasteiger partial charge in [0, 0.05) is 30.8 Å². The minimum atomic E-state index is -4.22. The lowest BCUT2D eigenvalue weighted by Crippen LogP contribution is -2.37. The molecule has 0 radical (unpaired) electrons. The van der Waals surface area contributed by atoms with Gasteiger partial charge in [0.05, 0.1) is 53.7 Å². The number of anilines is 4. The van der Waals surface area contributed by atoms with E-state index < -0.39 is 20.0 Å². The molecule has 4 rings (SSSR count). The highest BCUT2D eigenvalue weighted by Crippen LogP contribution is 2.46. The number of halogens is 1. The molecular weight excluding hydrogens is 581 g/mol. The normalized spacial score (nSPS) is 15.6. The van der Waals surface area contributed by atoms with Crippen molar-refractivity contribution in [3.63, 3.8) is 0 Å². The van der Waals surface area contributed by atoms with Crippen LogP contribution in [-0.4, -0.2) is 59.3 Å². The molecule has 42 heavy (non-hydrogen) atoms. The number of amides is 1. The Balaban J connectivity index is 1.64. The minimum Gasteiger partial charge on any atom is -0.378 e. The second kappa shape index (κ2) is 14.2. The van der Waals surface area contributed by atoms with Gasteiger partial charge in [-0.25, -0.2) is 14.5 Å². The van der Waals surface area contributed by atoms with Gasteiger partial charge in [-0.1, -0.05) is 42.4 Å². The lowest BCUT2D eigenvalue weighted by Gasteiger charge is -2.33. The minimum absolute atomic E-state index is 0.316.